The Labute approximate surface area is 69.2 Å². The van der Waals surface area contributed by atoms with E-state index >= 15 is 0 Å². The summed E-state index contributed by atoms with van der Waals surface area (Å²) in [7, 11) is 0. The highest BCUT2D eigenvalue weighted by molar-refractivity contribution is 4.84. The Bertz CT molecular complexity index is 110. The Balaban J connectivity index is 2.20. The molecule has 0 saturated carbocycles. The van der Waals surface area contributed by atoms with Gasteiger partial charge in [-0.2, -0.15) is 0 Å². The number of β-amino-alcohol motifs (C(OH)–C–C–N with tert-alkyl or cyclic N) is 1. The van der Waals surface area contributed by atoms with Crippen molar-refractivity contribution in [1.29, 1.82) is 0 Å². The van der Waals surface area contributed by atoms with Gasteiger partial charge in [0.2, 0.25) is 0 Å². The minimum atomic E-state index is -0.0408. The highest BCUT2D eigenvalue weighted by atomic mass is 16.3. The smallest absolute Gasteiger partial charge is 0.0794 e. The maximum Gasteiger partial charge on any atom is 0.0794 e. The maximum absolute atomic E-state index is 9.09. The van der Waals surface area contributed by atoms with Gasteiger partial charge in [0.25, 0.3) is 0 Å². The van der Waals surface area contributed by atoms with Crippen LogP contribution in [0.5, 0.6) is 0 Å². The van der Waals surface area contributed by atoms with E-state index in [1.807, 2.05) is 0 Å². The molecule has 0 amide bonds. The molecule has 2 heteroatoms. The van der Waals surface area contributed by atoms with E-state index in [0.29, 0.717) is 0 Å². The molecule has 0 radical (unpaired) electrons. The van der Waals surface area contributed by atoms with Crippen molar-refractivity contribution in [2.45, 2.75) is 45.3 Å². The average molecular weight is 157 g/mol. The summed E-state index contributed by atoms with van der Waals surface area (Å²) in [6.07, 6.45) is 3.72. The molecule has 1 atom stereocenters. The third kappa shape index (κ3) is 2.17. The van der Waals surface area contributed by atoms with Crippen molar-refractivity contribution in [3.05, 3.63) is 0 Å². The quantitative estimate of drug-likeness (QED) is 0.663. The van der Waals surface area contributed by atoms with E-state index in [2.05, 4.69) is 18.7 Å². The zero-order valence-electron chi connectivity index (χ0n) is 7.58. The molecule has 1 aliphatic rings. The first-order valence-electron chi connectivity index (χ1n) is 4.70. The van der Waals surface area contributed by atoms with Crippen molar-refractivity contribution >= 4 is 0 Å². The third-order valence-corrected chi connectivity index (χ3v) is 2.50. The molecule has 0 aromatic rings. The van der Waals surface area contributed by atoms with Crippen LogP contribution >= 0.6 is 0 Å². The number of hydrogen-bond donors (Lipinski definition) is 1. The summed E-state index contributed by atoms with van der Waals surface area (Å²) < 4.78 is 0. The van der Waals surface area contributed by atoms with Crippen LogP contribution in [0.3, 0.4) is 0 Å². The van der Waals surface area contributed by atoms with Crippen LogP contribution in [-0.2, 0) is 0 Å². The van der Waals surface area contributed by atoms with Crippen LogP contribution in [0.4, 0.5) is 0 Å². The fourth-order valence-electron chi connectivity index (χ4n) is 1.76. The molecule has 2 nitrogen and oxygen atoms in total. The van der Waals surface area contributed by atoms with Crippen LogP contribution in [0.25, 0.3) is 0 Å². The number of aliphatic hydroxyl groups is 1. The molecule has 0 aromatic heterocycles. The lowest BCUT2D eigenvalue weighted by Gasteiger charge is -2.41. The van der Waals surface area contributed by atoms with Gasteiger partial charge in [-0.3, -0.25) is 4.90 Å². The lowest BCUT2D eigenvalue weighted by molar-refractivity contribution is -0.0276. The summed E-state index contributed by atoms with van der Waals surface area (Å²) in [5.74, 6) is 0. The average Bonchev–Trinajstić information content (AvgIpc) is 1.95. The first kappa shape index (κ1) is 9.01. The summed E-state index contributed by atoms with van der Waals surface area (Å²) in [4.78, 5) is 2.38. The van der Waals surface area contributed by atoms with Crippen LogP contribution < -0.4 is 0 Å². The van der Waals surface area contributed by atoms with E-state index in [1.165, 1.54) is 19.3 Å². The van der Waals surface area contributed by atoms with Crippen LogP contribution in [0.2, 0.25) is 0 Å². The Morgan fingerprint density at radius 2 is 2.09 bits per heavy atom. The molecule has 11 heavy (non-hydrogen) atoms. The third-order valence-electron chi connectivity index (χ3n) is 2.50. The van der Waals surface area contributed by atoms with Crippen molar-refractivity contribution in [3.63, 3.8) is 0 Å². The molecule has 1 N–H and O–H groups in total. The van der Waals surface area contributed by atoms with Gasteiger partial charge in [-0.05, 0) is 12.8 Å². The van der Waals surface area contributed by atoms with Crippen LogP contribution in [0, 0.1) is 0 Å². The Morgan fingerprint density at radius 3 is 2.45 bits per heavy atom. The fourth-order valence-corrected chi connectivity index (χ4v) is 1.76. The van der Waals surface area contributed by atoms with Crippen LogP contribution in [0.1, 0.15) is 33.1 Å². The Morgan fingerprint density at radius 1 is 1.45 bits per heavy atom. The van der Waals surface area contributed by atoms with E-state index in [1.54, 1.807) is 0 Å². The second-order valence-corrected chi connectivity index (χ2v) is 3.46. The van der Waals surface area contributed by atoms with Crippen molar-refractivity contribution in [2.75, 3.05) is 13.1 Å². The van der Waals surface area contributed by atoms with Crippen LogP contribution in [-0.4, -0.2) is 35.2 Å². The van der Waals surface area contributed by atoms with Crippen LogP contribution in [0.15, 0.2) is 0 Å². The second kappa shape index (κ2) is 4.07. The summed E-state index contributed by atoms with van der Waals surface area (Å²) in [5.41, 5.74) is 0. The molecule has 66 valence electrons. The highest BCUT2D eigenvalue weighted by Gasteiger charge is 2.28. The van der Waals surface area contributed by atoms with Crippen molar-refractivity contribution < 1.29 is 5.11 Å². The highest BCUT2D eigenvalue weighted by Crippen LogP contribution is 2.17. The number of likely N-dealkylation sites (tertiary alicyclic amines) is 1. The molecule has 0 aromatic carbocycles. The van der Waals surface area contributed by atoms with Gasteiger partial charge in [0.1, 0.15) is 0 Å². The summed E-state index contributed by atoms with van der Waals surface area (Å²) >= 11 is 0. The molecular weight excluding hydrogens is 138 g/mol. The molecular formula is C9H19NO. The number of aliphatic hydroxyl groups excluding tert-OH is 1. The van der Waals surface area contributed by atoms with Gasteiger partial charge >= 0.3 is 0 Å². The minimum absolute atomic E-state index is 0.0408. The number of nitrogens with zero attached hydrogens (tertiary/aromatic N) is 1. The first-order chi connectivity index (χ1) is 5.27. The monoisotopic (exact) mass is 157 g/mol. The topological polar surface area (TPSA) is 23.5 Å². The van der Waals surface area contributed by atoms with Gasteiger partial charge in [0.05, 0.1) is 6.10 Å². The molecule has 1 heterocycles. The van der Waals surface area contributed by atoms with E-state index < -0.39 is 0 Å². The van der Waals surface area contributed by atoms with Crippen molar-refractivity contribution in [2.24, 2.45) is 0 Å². The Hall–Kier alpha value is -0.0800. The van der Waals surface area contributed by atoms with Gasteiger partial charge in [0, 0.05) is 19.1 Å². The molecule has 0 spiro atoms. The summed E-state index contributed by atoms with van der Waals surface area (Å²) in [6, 6.07) is 0.725. The molecule has 1 aliphatic heterocycles. The zero-order valence-corrected chi connectivity index (χ0v) is 7.58. The molecule has 1 rings (SSSR count). The largest absolute Gasteiger partial charge is 0.390 e. The lowest BCUT2D eigenvalue weighted by atomic mass is 10.0. The summed E-state index contributed by atoms with van der Waals surface area (Å²) in [5, 5.41) is 9.09. The molecule has 0 bridgehead atoms. The van der Waals surface area contributed by atoms with E-state index in [-0.39, 0.29) is 6.10 Å². The van der Waals surface area contributed by atoms with Gasteiger partial charge in [-0.1, -0.05) is 20.3 Å². The standard InChI is InChI=1S/C9H19NO/c1-3-5-8(4-2)10-6-9(11)7-10/h8-9,11H,3-7H2,1-2H3. The first-order valence-corrected chi connectivity index (χ1v) is 4.70. The van der Waals surface area contributed by atoms with Crippen molar-refractivity contribution in [3.8, 4) is 0 Å². The Kier molecular flexibility index (Phi) is 3.34. The number of hydrogen-bond acceptors (Lipinski definition) is 2. The molecule has 1 unspecified atom stereocenters. The molecule has 1 saturated heterocycles. The fraction of sp³-hybridized carbons (Fsp3) is 1.00. The van der Waals surface area contributed by atoms with Gasteiger partial charge in [-0.15, -0.1) is 0 Å². The second-order valence-electron chi connectivity index (χ2n) is 3.46. The SMILES string of the molecule is CCCC(CC)N1CC(O)C1. The molecule has 1 fully saturated rings. The lowest BCUT2D eigenvalue weighted by Crippen LogP contribution is -2.55. The predicted molar refractivity (Wildman–Crippen MR) is 46.6 cm³/mol. The van der Waals surface area contributed by atoms with Gasteiger partial charge in [0.15, 0.2) is 0 Å². The van der Waals surface area contributed by atoms with Crippen molar-refractivity contribution in [1.82, 2.24) is 4.90 Å². The van der Waals surface area contributed by atoms with Gasteiger partial charge < -0.3 is 5.11 Å². The predicted octanol–water partition coefficient (Wildman–Crippen LogP) is 1.24. The zero-order chi connectivity index (χ0) is 8.27. The summed E-state index contributed by atoms with van der Waals surface area (Å²) in [6.45, 7) is 6.25. The molecule has 0 aliphatic carbocycles. The number of rotatable bonds is 4. The van der Waals surface area contributed by atoms with E-state index in [9.17, 15) is 0 Å². The van der Waals surface area contributed by atoms with E-state index in [4.69, 9.17) is 5.11 Å². The maximum atomic E-state index is 9.09. The normalized spacial score (nSPS) is 23.2. The van der Waals surface area contributed by atoms with E-state index in [0.717, 1.165) is 19.1 Å². The van der Waals surface area contributed by atoms with Gasteiger partial charge in [-0.25, -0.2) is 0 Å². The minimum Gasteiger partial charge on any atom is -0.390 e.